The number of hydrogen-bond donors (Lipinski definition) is 0. The van der Waals surface area contributed by atoms with E-state index in [2.05, 4.69) is 0 Å². The highest BCUT2D eigenvalue weighted by Gasteiger charge is 2.71. The minimum Gasteiger partial charge on any atom is -0.494 e. The van der Waals surface area contributed by atoms with Crippen molar-refractivity contribution in [2.75, 3.05) is 11.5 Å². The fourth-order valence-corrected chi connectivity index (χ4v) is 7.20. The van der Waals surface area contributed by atoms with Crippen LogP contribution >= 0.6 is 0 Å². The summed E-state index contributed by atoms with van der Waals surface area (Å²) < 4.78 is 6.05. The van der Waals surface area contributed by atoms with Gasteiger partial charge in [-0.2, -0.15) is 0 Å². The van der Waals surface area contributed by atoms with E-state index in [1.807, 2.05) is 66.4 Å². The molecule has 8 heteroatoms. The van der Waals surface area contributed by atoms with E-state index in [9.17, 15) is 24.5 Å². The van der Waals surface area contributed by atoms with Crippen molar-refractivity contribution in [3.63, 3.8) is 0 Å². The summed E-state index contributed by atoms with van der Waals surface area (Å²) in [6, 6.07) is 25.3. The third-order valence-corrected chi connectivity index (χ3v) is 8.90. The zero-order valence-electron chi connectivity index (χ0n) is 23.2. The molecule has 1 aliphatic carbocycles. The SMILES string of the molecule is CCOc1ccccc1[C@@H]1[C@H](C(=O)c2ccc([N+](=O)[O-])cc2)N2c3ccccc3C=C[C@@H]2C12C(=O)c1ccccc1C2=O. The molecule has 1 fully saturated rings. The number of nitrogens with zero attached hydrogens (tertiary/aromatic N) is 2. The molecule has 2 heterocycles. The maximum Gasteiger partial charge on any atom is 0.269 e. The normalized spacial score (nSPS) is 21.0. The van der Waals surface area contributed by atoms with Gasteiger partial charge in [0.1, 0.15) is 17.2 Å². The summed E-state index contributed by atoms with van der Waals surface area (Å²) in [5.41, 5.74) is 1.27. The number of Topliss-reactive ketones (excluding diaryl/α,β-unsaturated/α-hetero) is 3. The molecule has 0 amide bonds. The van der Waals surface area contributed by atoms with E-state index < -0.39 is 28.3 Å². The van der Waals surface area contributed by atoms with Crippen molar-refractivity contribution in [1.82, 2.24) is 0 Å². The third kappa shape index (κ3) is 3.65. The van der Waals surface area contributed by atoms with Gasteiger partial charge in [0.25, 0.3) is 5.69 Å². The fourth-order valence-electron chi connectivity index (χ4n) is 7.20. The summed E-state index contributed by atoms with van der Waals surface area (Å²) in [5, 5.41) is 11.4. The lowest BCUT2D eigenvalue weighted by Gasteiger charge is -2.37. The number of anilines is 1. The van der Waals surface area contributed by atoms with E-state index in [0.717, 1.165) is 11.3 Å². The Labute approximate surface area is 247 Å². The molecular formula is C35H26N2O6. The zero-order chi connectivity index (χ0) is 29.9. The molecular weight excluding hydrogens is 544 g/mol. The molecule has 3 atom stereocenters. The second-order valence-corrected chi connectivity index (χ2v) is 10.9. The van der Waals surface area contributed by atoms with Gasteiger partial charge in [-0.05, 0) is 36.8 Å². The summed E-state index contributed by atoms with van der Waals surface area (Å²) in [7, 11) is 0. The summed E-state index contributed by atoms with van der Waals surface area (Å²) in [5.74, 6) is -1.46. The lowest BCUT2D eigenvalue weighted by molar-refractivity contribution is -0.384. The quantitative estimate of drug-likeness (QED) is 0.116. The van der Waals surface area contributed by atoms with E-state index in [1.54, 1.807) is 30.3 Å². The number of nitro benzene ring substituents is 1. The first kappa shape index (κ1) is 26.5. The molecule has 1 saturated heterocycles. The lowest BCUT2D eigenvalue weighted by atomic mass is 9.64. The van der Waals surface area contributed by atoms with Gasteiger partial charge in [-0.15, -0.1) is 0 Å². The van der Waals surface area contributed by atoms with Crippen LogP contribution in [0.4, 0.5) is 11.4 Å². The Morgan fingerprint density at radius 2 is 1.51 bits per heavy atom. The first-order valence-electron chi connectivity index (χ1n) is 14.1. The van der Waals surface area contributed by atoms with Crippen LogP contribution in [0, 0.1) is 15.5 Å². The van der Waals surface area contributed by atoms with Crippen LogP contribution in [-0.2, 0) is 0 Å². The molecule has 2 aliphatic heterocycles. The van der Waals surface area contributed by atoms with E-state index >= 15 is 0 Å². The van der Waals surface area contributed by atoms with E-state index in [-0.39, 0.29) is 28.6 Å². The number of carbonyl (C=O) groups excluding carboxylic acids is 3. The number of rotatable bonds is 6. The Kier molecular flexibility index (Phi) is 6.09. The summed E-state index contributed by atoms with van der Waals surface area (Å²) >= 11 is 0. The number of para-hydroxylation sites is 2. The van der Waals surface area contributed by atoms with E-state index in [0.29, 0.717) is 29.0 Å². The topological polar surface area (TPSA) is 107 Å². The second-order valence-electron chi connectivity index (χ2n) is 10.9. The molecule has 4 aromatic rings. The summed E-state index contributed by atoms with van der Waals surface area (Å²) in [6.07, 6.45) is 3.77. The zero-order valence-corrected chi connectivity index (χ0v) is 23.2. The Bertz CT molecular complexity index is 1830. The van der Waals surface area contributed by atoms with Crippen LogP contribution in [0.5, 0.6) is 5.75 Å². The fraction of sp³-hybridized carbons (Fsp3) is 0.171. The Morgan fingerprint density at radius 3 is 2.19 bits per heavy atom. The number of benzene rings is 4. The highest BCUT2D eigenvalue weighted by atomic mass is 16.6. The number of ether oxygens (including phenoxy) is 1. The second kappa shape index (κ2) is 9.87. The predicted molar refractivity (Wildman–Crippen MR) is 161 cm³/mol. The predicted octanol–water partition coefficient (Wildman–Crippen LogP) is 6.31. The molecule has 7 rings (SSSR count). The van der Waals surface area contributed by atoms with Crippen molar-refractivity contribution >= 4 is 34.8 Å². The Hall–Kier alpha value is -5.37. The highest BCUT2D eigenvalue weighted by Crippen LogP contribution is 2.62. The summed E-state index contributed by atoms with van der Waals surface area (Å²) in [4.78, 5) is 57.1. The Morgan fingerprint density at radius 1 is 0.884 bits per heavy atom. The van der Waals surface area contributed by atoms with Crippen molar-refractivity contribution in [1.29, 1.82) is 0 Å². The molecule has 0 aromatic heterocycles. The average molecular weight is 571 g/mol. The van der Waals surface area contributed by atoms with Crippen LogP contribution in [0.3, 0.4) is 0 Å². The van der Waals surface area contributed by atoms with Crippen LogP contribution in [-0.4, -0.2) is 41.0 Å². The van der Waals surface area contributed by atoms with Crippen LogP contribution < -0.4 is 9.64 Å². The molecule has 0 radical (unpaired) electrons. The van der Waals surface area contributed by atoms with Crippen LogP contribution in [0.1, 0.15) is 55.0 Å². The van der Waals surface area contributed by atoms with Gasteiger partial charge in [-0.3, -0.25) is 24.5 Å². The van der Waals surface area contributed by atoms with Gasteiger partial charge in [0.15, 0.2) is 17.3 Å². The molecule has 0 N–H and O–H groups in total. The van der Waals surface area contributed by atoms with Crippen LogP contribution in [0.2, 0.25) is 0 Å². The molecule has 3 aliphatic rings. The lowest BCUT2D eigenvalue weighted by Crippen LogP contribution is -2.48. The van der Waals surface area contributed by atoms with Crippen molar-refractivity contribution in [3.8, 4) is 5.75 Å². The smallest absolute Gasteiger partial charge is 0.269 e. The highest BCUT2D eigenvalue weighted by molar-refractivity contribution is 6.32. The van der Waals surface area contributed by atoms with Crippen LogP contribution in [0.15, 0.2) is 103 Å². The van der Waals surface area contributed by atoms with E-state index in [4.69, 9.17) is 4.74 Å². The van der Waals surface area contributed by atoms with Gasteiger partial charge in [-0.25, -0.2) is 0 Å². The van der Waals surface area contributed by atoms with Gasteiger partial charge in [0.05, 0.1) is 17.6 Å². The van der Waals surface area contributed by atoms with Crippen molar-refractivity contribution < 1.29 is 24.0 Å². The monoisotopic (exact) mass is 570 g/mol. The van der Waals surface area contributed by atoms with Crippen molar-refractivity contribution in [2.24, 2.45) is 5.41 Å². The number of nitro groups is 1. The minimum atomic E-state index is -1.66. The van der Waals surface area contributed by atoms with Gasteiger partial charge >= 0.3 is 0 Å². The maximum atomic E-state index is 14.8. The number of ketones is 3. The molecule has 0 saturated carbocycles. The first-order chi connectivity index (χ1) is 20.9. The summed E-state index contributed by atoms with van der Waals surface area (Å²) in [6.45, 7) is 2.19. The largest absolute Gasteiger partial charge is 0.494 e. The van der Waals surface area contributed by atoms with Crippen molar-refractivity contribution in [2.45, 2.75) is 24.9 Å². The van der Waals surface area contributed by atoms with Crippen LogP contribution in [0.25, 0.3) is 6.08 Å². The molecule has 43 heavy (non-hydrogen) atoms. The van der Waals surface area contributed by atoms with Crippen molar-refractivity contribution in [3.05, 3.63) is 141 Å². The molecule has 212 valence electrons. The standard InChI is InChI=1S/C35H26N2O6/c1-2-43-28-14-8-6-12-26(28)30-31(32(38)22-15-18-23(19-16-22)37(41)42)36-27-13-7-3-9-21(27)17-20-29(36)35(30)33(39)24-10-4-5-11-25(24)34(35)40/h3-20,29-31H,2H2,1H3/t29-,30-,31-/m1/s1. The molecule has 4 aromatic carbocycles. The molecule has 8 nitrogen and oxygen atoms in total. The molecule has 1 spiro atoms. The van der Waals surface area contributed by atoms with Gasteiger partial charge in [0, 0.05) is 46.0 Å². The average Bonchev–Trinajstić information content (AvgIpc) is 3.47. The molecule has 0 unspecified atom stereocenters. The van der Waals surface area contributed by atoms with Gasteiger partial charge in [-0.1, -0.05) is 72.8 Å². The first-order valence-corrected chi connectivity index (χ1v) is 14.1. The van der Waals surface area contributed by atoms with Gasteiger partial charge in [0.2, 0.25) is 0 Å². The van der Waals surface area contributed by atoms with Gasteiger partial charge < -0.3 is 9.64 Å². The Balaban J connectivity index is 1.54. The number of non-ortho nitro benzene ring substituents is 1. The molecule has 0 bridgehead atoms. The number of carbonyl (C=O) groups is 3. The third-order valence-electron chi connectivity index (χ3n) is 8.90. The van der Waals surface area contributed by atoms with E-state index in [1.165, 1.54) is 24.3 Å². The minimum absolute atomic E-state index is 0.140. The maximum absolute atomic E-state index is 14.8. The number of fused-ring (bicyclic) bond motifs is 5. The number of hydrogen-bond acceptors (Lipinski definition) is 7.